The van der Waals surface area contributed by atoms with Crippen LogP contribution in [0.1, 0.15) is 61.5 Å². The average molecular weight is 506 g/mol. The van der Waals surface area contributed by atoms with Gasteiger partial charge in [0.05, 0.1) is 23.3 Å². The van der Waals surface area contributed by atoms with E-state index in [2.05, 4.69) is 25.6 Å². The zero-order chi connectivity index (χ0) is 25.5. The third kappa shape index (κ3) is 4.68. The monoisotopic (exact) mass is 505 g/mol. The van der Waals surface area contributed by atoms with Crippen LogP contribution in [0.5, 0.6) is 17.2 Å². The number of nitrogens with one attached hydrogen (secondary N) is 3. The molecule has 2 aromatic heterocycles. The molecule has 1 aliphatic heterocycles. The molecule has 2 fully saturated rings. The summed E-state index contributed by atoms with van der Waals surface area (Å²) in [7, 11) is 0. The molecule has 10 nitrogen and oxygen atoms in total. The Hall–Kier alpha value is -3.82. The first-order chi connectivity index (χ1) is 18.0. The summed E-state index contributed by atoms with van der Waals surface area (Å²) >= 11 is 0. The standard InChI is InChI=1S/C27H31N5O5/c1-14-21(27(34)32-18-7-5-17(6-8-18)31-15(2)33)23-25(30-14)24(29-12-28-23)22-19(35-11-16-3-4-16)9-10-20-26(22)37-13-36-20/h9-10,12,16-18,30H,3-8,11,13H2,1-2H3,(H,31,33)(H,32,34)/t17-,18-. The van der Waals surface area contributed by atoms with Gasteiger partial charge in [0.1, 0.15) is 23.3 Å². The van der Waals surface area contributed by atoms with Crippen LogP contribution in [0.4, 0.5) is 0 Å². The van der Waals surface area contributed by atoms with E-state index in [0.29, 0.717) is 63.3 Å². The first-order valence-electron chi connectivity index (χ1n) is 12.9. The Balaban J connectivity index is 1.30. The minimum absolute atomic E-state index is 0.0143. The number of hydrogen-bond donors (Lipinski definition) is 3. The number of aromatic nitrogens is 3. The first kappa shape index (κ1) is 23.6. The first-order valence-corrected chi connectivity index (χ1v) is 12.9. The highest BCUT2D eigenvalue weighted by atomic mass is 16.7. The number of carbonyl (C=O) groups is 2. The summed E-state index contributed by atoms with van der Waals surface area (Å²) < 4.78 is 17.7. The Kier molecular flexibility index (Phi) is 6.10. The maximum atomic E-state index is 13.4. The largest absolute Gasteiger partial charge is 0.492 e. The van der Waals surface area contributed by atoms with E-state index in [9.17, 15) is 9.59 Å². The number of fused-ring (bicyclic) bond motifs is 2. The topological polar surface area (TPSA) is 127 Å². The maximum absolute atomic E-state index is 13.4. The van der Waals surface area contributed by atoms with Crippen molar-refractivity contribution in [2.45, 2.75) is 64.5 Å². The van der Waals surface area contributed by atoms with Crippen molar-refractivity contribution in [3.63, 3.8) is 0 Å². The van der Waals surface area contributed by atoms with Crippen LogP contribution in [0.2, 0.25) is 0 Å². The van der Waals surface area contributed by atoms with Gasteiger partial charge in [-0.2, -0.15) is 0 Å². The highest BCUT2D eigenvalue weighted by Gasteiger charge is 2.30. The number of aryl methyl sites for hydroxylation is 1. The molecule has 3 aromatic rings. The molecule has 3 N–H and O–H groups in total. The van der Waals surface area contributed by atoms with Crippen molar-refractivity contribution >= 4 is 22.8 Å². The summed E-state index contributed by atoms with van der Waals surface area (Å²) in [6, 6.07) is 3.96. The fourth-order valence-corrected chi connectivity index (χ4v) is 5.31. The predicted octanol–water partition coefficient (Wildman–Crippen LogP) is 3.63. The molecule has 3 aliphatic rings. The van der Waals surface area contributed by atoms with E-state index >= 15 is 0 Å². The van der Waals surface area contributed by atoms with Crippen molar-refractivity contribution in [3.05, 3.63) is 29.7 Å². The lowest BCUT2D eigenvalue weighted by molar-refractivity contribution is -0.119. The maximum Gasteiger partial charge on any atom is 0.255 e. The van der Waals surface area contributed by atoms with Crippen molar-refractivity contribution in [3.8, 4) is 28.5 Å². The van der Waals surface area contributed by atoms with Crippen LogP contribution in [-0.4, -0.2) is 52.2 Å². The van der Waals surface area contributed by atoms with Gasteiger partial charge in [-0.3, -0.25) is 9.59 Å². The van der Waals surface area contributed by atoms with Crippen molar-refractivity contribution in [1.29, 1.82) is 0 Å². The molecule has 0 unspecified atom stereocenters. The molecular formula is C27H31N5O5. The van der Waals surface area contributed by atoms with Crippen molar-refractivity contribution in [2.75, 3.05) is 13.4 Å². The quantitative estimate of drug-likeness (QED) is 0.447. The molecule has 6 rings (SSSR count). The van der Waals surface area contributed by atoms with Gasteiger partial charge in [0.2, 0.25) is 12.7 Å². The number of aromatic amines is 1. The van der Waals surface area contributed by atoms with Gasteiger partial charge >= 0.3 is 0 Å². The van der Waals surface area contributed by atoms with Gasteiger partial charge in [-0.15, -0.1) is 0 Å². The van der Waals surface area contributed by atoms with Crippen molar-refractivity contribution in [2.24, 2.45) is 5.92 Å². The summed E-state index contributed by atoms with van der Waals surface area (Å²) in [5, 5.41) is 6.15. The van der Waals surface area contributed by atoms with Crippen LogP contribution in [0.15, 0.2) is 18.5 Å². The number of ether oxygens (including phenoxy) is 3. The molecule has 2 aliphatic carbocycles. The highest BCUT2D eigenvalue weighted by Crippen LogP contribution is 2.48. The zero-order valence-corrected chi connectivity index (χ0v) is 21.1. The van der Waals surface area contributed by atoms with Gasteiger partial charge in [0.15, 0.2) is 11.5 Å². The van der Waals surface area contributed by atoms with Crippen molar-refractivity contribution < 1.29 is 23.8 Å². The van der Waals surface area contributed by atoms with E-state index in [1.165, 1.54) is 26.1 Å². The second-order valence-electron chi connectivity index (χ2n) is 10.2. The summed E-state index contributed by atoms with van der Waals surface area (Å²) in [5.74, 6) is 2.29. The van der Waals surface area contributed by atoms with Gasteiger partial charge in [-0.1, -0.05) is 0 Å². The molecule has 10 heteroatoms. The van der Waals surface area contributed by atoms with Crippen LogP contribution in [0.25, 0.3) is 22.3 Å². The van der Waals surface area contributed by atoms with E-state index in [-0.39, 0.29) is 30.7 Å². The summed E-state index contributed by atoms with van der Waals surface area (Å²) in [5.41, 5.74) is 3.74. The lowest BCUT2D eigenvalue weighted by Gasteiger charge is -2.29. The van der Waals surface area contributed by atoms with Crippen LogP contribution >= 0.6 is 0 Å². The minimum atomic E-state index is -0.167. The predicted molar refractivity (Wildman–Crippen MR) is 136 cm³/mol. The van der Waals surface area contributed by atoms with E-state index in [0.717, 1.165) is 25.7 Å². The molecule has 194 valence electrons. The second-order valence-corrected chi connectivity index (χ2v) is 10.2. The second kappa shape index (κ2) is 9.57. The number of amides is 2. The smallest absolute Gasteiger partial charge is 0.255 e. The van der Waals surface area contributed by atoms with E-state index in [4.69, 9.17) is 14.2 Å². The molecule has 0 saturated heterocycles. The summed E-state index contributed by atoms with van der Waals surface area (Å²) in [6.45, 7) is 4.18. The summed E-state index contributed by atoms with van der Waals surface area (Å²) in [6.07, 6.45) is 7.14. The molecule has 0 radical (unpaired) electrons. The zero-order valence-electron chi connectivity index (χ0n) is 21.1. The number of carbonyl (C=O) groups excluding carboxylic acids is 2. The summed E-state index contributed by atoms with van der Waals surface area (Å²) in [4.78, 5) is 37.2. The number of H-pyrrole nitrogens is 1. The van der Waals surface area contributed by atoms with Gasteiger partial charge in [-0.05, 0) is 63.5 Å². The van der Waals surface area contributed by atoms with E-state index < -0.39 is 0 Å². The van der Waals surface area contributed by atoms with Gasteiger partial charge in [0, 0.05) is 24.7 Å². The van der Waals surface area contributed by atoms with Crippen LogP contribution < -0.4 is 24.8 Å². The van der Waals surface area contributed by atoms with Crippen LogP contribution in [0, 0.1) is 12.8 Å². The molecule has 0 bridgehead atoms. The third-order valence-corrected chi connectivity index (χ3v) is 7.38. The van der Waals surface area contributed by atoms with Gasteiger partial charge in [-0.25, -0.2) is 9.97 Å². The average Bonchev–Trinajstić information content (AvgIpc) is 3.46. The number of hydrogen-bond acceptors (Lipinski definition) is 7. The molecule has 37 heavy (non-hydrogen) atoms. The fourth-order valence-electron chi connectivity index (χ4n) is 5.31. The molecule has 0 atom stereocenters. The fraction of sp³-hybridized carbons (Fsp3) is 0.481. The van der Waals surface area contributed by atoms with Gasteiger partial charge < -0.3 is 29.8 Å². The minimum Gasteiger partial charge on any atom is -0.492 e. The lowest BCUT2D eigenvalue weighted by atomic mass is 9.91. The Labute approximate surface area is 214 Å². The Morgan fingerprint density at radius 3 is 2.54 bits per heavy atom. The molecular weight excluding hydrogens is 474 g/mol. The number of rotatable bonds is 7. The Morgan fingerprint density at radius 2 is 1.81 bits per heavy atom. The van der Waals surface area contributed by atoms with E-state index in [1.807, 2.05) is 19.1 Å². The Bertz CT molecular complexity index is 1360. The van der Waals surface area contributed by atoms with Crippen LogP contribution in [0.3, 0.4) is 0 Å². The lowest BCUT2D eigenvalue weighted by Crippen LogP contribution is -2.43. The third-order valence-electron chi connectivity index (χ3n) is 7.38. The molecule has 2 amide bonds. The molecule has 2 saturated carbocycles. The van der Waals surface area contributed by atoms with Crippen molar-refractivity contribution in [1.82, 2.24) is 25.6 Å². The van der Waals surface area contributed by atoms with Crippen LogP contribution in [-0.2, 0) is 4.79 Å². The Morgan fingerprint density at radius 1 is 1.05 bits per heavy atom. The highest BCUT2D eigenvalue weighted by molar-refractivity contribution is 6.09. The normalized spacial score (nSPS) is 20.6. The van der Waals surface area contributed by atoms with Gasteiger partial charge in [0.25, 0.3) is 5.91 Å². The number of nitrogens with zero attached hydrogens (tertiary/aromatic N) is 2. The molecule has 1 aromatic carbocycles. The molecule has 0 spiro atoms. The number of benzene rings is 1. The van der Waals surface area contributed by atoms with E-state index in [1.54, 1.807) is 0 Å². The molecule has 3 heterocycles. The SMILES string of the molecule is CC(=O)N[C@H]1CC[C@H](NC(=O)c2c(C)[nH]c3c(-c4c(OCC5CC5)ccc5c4OCO5)ncnc23)CC1.